The lowest BCUT2D eigenvalue weighted by atomic mass is 9.48. The molecular formula is C33H39ClN2O4. The minimum absolute atomic E-state index is 0.0221. The Bertz CT molecular complexity index is 1370. The van der Waals surface area contributed by atoms with Crippen LogP contribution in [0.25, 0.3) is 6.08 Å². The van der Waals surface area contributed by atoms with Crippen molar-refractivity contribution in [1.82, 2.24) is 9.80 Å². The second-order valence-electron chi connectivity index (χ2n) is 13.2. The Morgan fingerprint density at radius 2 is 2.05 bits per heavy atom. The third-order valence-electron chi connectivity index (χ3n) is 10.2. The second-order valence-corrected chi connectivity index (χ2v) is 13.6. The number of rotatable bonds is 7. The molecule has 5 atom stereocenters. The first kappa shape index (κ1) is 26.4. The SMILES string of the molecule is CC(C)CN(C(=O)C=Cc1cccc(Cl)c1)[C@H]1CC[C@@]2(O)[C@H]3Cc4ccc(O)c5c4[C@@]2(CCN3CC2CC2)[C@H]1O5. The maximum atomic E-state index is 13.9. The summed E-state index contributed by atoms with van der Waals surface area (Å²) in [6.07, 6.45) is 8.40. The number of carbonyl (C=O) groups excluding carboxylic acids is 1. The molecule has 2 saturated carbocycles. The van der Waals surface area contributed by atoms with E-state index in [-0.39, 0.29) is 29.7 Å². The van der Waals surface area contributed by atoms with Crippen LogP contribution in [0.3, 0.4) is 0 Å². The summed E-state index contributed by atoms with van der Waals surface area (Å²) in [5.41, 5.74) is 1.44. The molecular weight excluding hydrogens is 524 g/mol. The number of phenols is 1. The summed E-state index contributed by atoms with van der Waals surface area (Å²) in [4.78, 5) is 18.4. The topological polar surface area (TPSA) is 73.2 Å². The summed E-state index contributed by atoms with van der Waals surface area (Å²) in [7, 11) is 0. The summed E-state index contributed by atoms with van der Waals surface area (Å²) in [6, 6.07) is 11.1. The third-order valence-corrected chi connectivity index (χ3v) is 10.5. The average Bonchev–Trinajstić information content (AvgIpc) is 3.66. The quantitative estimate of drug-likeness (QED) is 0.455. The predicted molar refractivity (Wildman–Crippen MR) is 156 cm³/mol. The largest absolute Gasteiger partial charge is 0.504 e. The van der Waals surface area contributed by atoms with E-state index in [0.717, 1.165) is 43.0 Å². The number of piperidine rings is 1. The summed E-state index contributed by atoms with van der Waals surface area (Å²) in [5.74, 6) is 1.59. The number of halogens is 1. The molecule has 1 amide bonds. The molecule has 2 heterocycles. The van der Waals surface area contributed by atoms with Crippen LogP contribution in [0.15, 0.2) is 42.5 Å². The van der Waals surface area contributed by atoms with E-state index in [0.29, 0.717) is 30.2 Å². The van der Waals surface area contributed by atoms with Gasteiger partial charge in [0.15, 0.2) is 11.5 Å². The fourth-order valence-electron chi connectivity index (χ4n) is 8.43. The van der Waals surface area contributed by atoms with Crippen LogP contribution < -0.4 is 4.74 Å². The lowest BCUT2D eigenvalue weighted by Crippen LogP contribution is -2.78. The molecule has 2 bridgehead atoms. The molecule has 1 saturated heterocycles. The highest BCUT2D eigenvalue weighted by atomic mass is 35.5. The Morgan fingerprint density at radius 3 is 2.80 bits per heavy atom. The Morgan fingerprint density at radius 1 is 1.23 bits per heavy atom. The normalized spacial score (nSPS) is 32.3. The zero-order chi connectivity index (χ0) is 27.8. The van der Waals surface area contributed by atoms with Crippen molar-refractivity contribution in [2.24, 2.45) is 11.8 Å². The number of hydrogen-bond acceptors (Lipinski definition) is 5. The smallest absolute Gasteiger partial charge is 0.246 e. The number of carbonyl (C=O) groups is 1. The highest BCUT2D eigenvalue weighted by Crippen LogP contribution is 2.66. The van der Waals surface area contributed by atoms with Crippen molar-refractivity contribution in [3.63, 3.8) is 0 Å². The van der Waals surface area contributed by atoms with Gasteiger partial charge in [0.2, 0.25) is 5.91 Å². The molecule has 2 aromatic rings. The maximum absolute atomic E-state index is 13.9. The molecule has 2 N–H and O–H groups in total. The molecule has 2 aliphatic heterocycles. The van der Waals surface area contributed by atoms with Gasteiger partial charge in [-0.2, -0.15) is 0 Å². The first-order valence-electron chi connectivity index (χ1n) is 14.9. The average molecular weight is 563 g/mol. The Kier molecular flexibility index (Phi) is 6.26. The molecule has 0 radical (unpaired) electrons. The first-order chi connectivity index (χ1) is 19.2. The van der Waals surface area contributed by atoms with Gasteiger partial charge in [0.1, 0.15) is 6.10 Å². The van der Waals surface area contributed by atoms with Gasteiger partial charge in [-0.1, -0.05) is 43.6 Å². The minimum atomic E-state index is -0.962. The van der Waals surface area contributed by atoms with Crippen LogP contribution in [0, 0.1) is 11.8 Å². The van der Waals surface area contributed by atoms with Crippen LogP contribution in [0.4, 0.5) is 0 Å². The van der Waals surface area contributed by atoms with Gasteiger partial charge in [-0.3, -0.25) is 9.69 Å². The van der Waals surface area contributed by atoms with Crippen LogP contribution in [0.2, 0.25) is 5.02 Å². The maximum Gasteiger partial charge on any atom is 0.246 e. The van der Waals surface area contributed by atoms with Gasteiger partial charge in [0.05, 0.1) is 17.1 Å². The molecule has 2 aromatic carbocycles. The van der Waals surface area contributed by atoms with Crippen LogP contribution in [0.5, 0.6) is 11.5 Å². The van der Waals surface area contributed by atoms with Crippen molar-refractivity contribution < 1.29 is 19.7 Å². The van der Waals surface area contributed by atoms with E-state index in [4.69, 9.17) is 16.3 Å². The molecule has 40 heavy (non-hydrogen) atoms. The van der Waals surface area contributed by atoms with Gasteiger partial charge in [-0.05, 0) is 92.3 Å². The standard InChI is InChI=1S/C33H39ClN2O4/c1-20(2)18-36(28(38)11-8-21-4-3-5-24(34)16-21)25-12-13-33(39)27-17-23-9-10-26(37)30-29(23)32(33,31(25)40-30)14-15-35(27)19-22-6-7-22/h3-5,8-11,16,20,22,25,27,31,37,39H,6-7,12-15,17-19H2,1-2H3/t25-,27+,31-,32-,33+/m0/s1. The van der Waals surface area contributed by atoms with E-state index in [2.05, 4.69) is 18.7 Å². The molecule has 3 fully saturated rings. The van der Waals surface area contributed by atoms with Gasteiger partial charge in [0, 0.05) is 35.8 Å². The molecule has 7 heteroatoms. The van der Waals surface area contributed by atoms with Crippen molar-refractivity contribution in [3.8, 4) is 11.5 Å². The number of nitrogens with zero attached hydrogens (tertiary/aromatic N) is 2. The lowest BCUT2D eigenvalue weighted by Gasteiger charge is -2.65. The van der Waals surface area contributed by atoms with Crippen LogP contribution >= 0.6 is 11.6 Å². The van der Waals surface area contributed by atoms with E-state index < -0.39 is 17.1 Å². The van der Waals surface area contributed by atoms with Crippen molar-refractivity contribution in [1.29, 1.82) is 0 Å². The van der Waals surface area contributed by atoms with Crippen molar-refractivity contribution in [2.45, 2.75) is 81.6 Å². The van der Waals surface area contributed by atoms with Gasteiger partial charge >= 0.3 is 0 Å². The highest BCUT2D eigenvalue weighted by Gasteiger charge is 2.73. The molecule has 0 aromatic heterocycles. The van der Waals surface area contributed by atoms with Gasteiger partial charge in [-0.25, -0.2) is 0 Å². The van der Waals surface area contributed by atoms with E-state index in [1.165, 1.54) is 18.4 Å². The van der Waals surface area contributed by atoms with Crippen molar-refractivity contribution >= 4 is 23.6 Å². The molecule has 6 nitrogen and oxygen atoms in total. The van der Waals surface area contributed by atoms with E-state index in [1.54, 1.807) is 12.1 Å². The third kappa shape index (κ3) is 3.93. The van der Waals surface area contributed by atoms with E-state index in [9.17, 15) is 15.0 Å². The van der Waals surface area contributed by atoms with Gasteiger partial charge < -0.3 is 19.8 Å². The van der Waals surface area contributed by atoms with Crippen LogP contribution in [-0.2, 0) is 16.6 Å². The highest BCUT2D eigenvalue weighted by molar-refractivity contribution is 6.30. The minimum Gasteiger partial charge on any atom is -0.504 e. The molecule has 0 unspecified atom stereocenters. The van der Waals surface area contributed by atoms with E-state index in [1.807, 2.05) is 41.3 Å². The van der Waals surface area contributed by atoms with Gasteiger partial charge in [-0.15, -0.1) is 0 Å². The zero-order valence-corrected chi connectivity index (χ0v) is 24.1. The van der Waals surface area contributed by atoms with E-state index >= 15 is 0 Å². The number of amides is 1. The summed E-state index contributed by atoms with van der Waals surface area (Å²) < 4.78 is 6.74. The monoisotopic (exact) mass is 562 g/mol. The second kappa shape index (κ2) is 9.50. The summed E-state index contributed by atoms with van der Waals surface area (Å²) >= 11 is 6.17. The Hall–Kier alpha value is -2.54. The molecule has 212 valence electrons. The van der Waals surface area contributed by atoms with Crippen LogP contribution in [0.1, 0.15) is 62.6 Å². The fraction of sp³-hybridized carbons (Fsp3) is 0.545. The number of phenolic OH excluding ortho intramolecular Hbond substituents is 1. The number of aromatic hydroxyl groups is 1. The predicted octanol–water partition coefficient (Wildman–Crippen LogP) is 5.18. The molecule has 7 rings (SSSR count). The Balaban J connectivity index is 1.28. The van der Waals surface area contributed by atoms with Crippen molar-refractivity contribution in [2.75, 3.05) is 19.6 Å². The van der Waals surface area contributed by atoms with Crippen LogP contribution in [-0.4, -0.2) is 69.3 Å². The summed E-state index contributed by atoms with van der Waals surface area (Å²) in [5, 5.41) is 24.4. The van der Waals surface area contributed by atoms with Crippen molar-refractivity contribution in [3.05, 3.63) is 64.2 Å². The molecule has 5 aliphatic rings. The Labute approximate surface area is 241 Å². The number of hydrogen-bond donors (Lipinski definition) is 2. The molecule has 3 aliphatic carbocycles. The number of aliphatic hydroxyl groups is 1. The van der Waals surface area contributed by atoms with Gasteiger partial charge in [0.25, 0.3) is 0 Å². The number of likely N-dealkylation sites (tertiary alicyclic amines) is 1. The number of ether oxygens (including phenoxy) is 1. The first-order valence-corrected chi connectivity index (χ1v) is 15.3. The fourth-order valence-corrected chi connectivity index (χ4v) is 8.63. The summed E-state index contributed by atoms with van der Waals surface area (Å²) in [6.45, 7) is 6.78. The lowest BCUT2D eigenvalue weighted by molar-refractivity contribution is -0.201. The molecule has 1 spiro atoms. The zero-order valence-electron chi connectivity index (χ0n) is 23.4. The number of benzene rings is 2.